The van der Waals surface area contributed by atoms with E-state index < -0.39 is 0 Å². The minimum absolute atomic E-state index is 0.601. The van der Waals surface area contributed by atoms with Crippen LogP contribution in [0.3, 0.4) is 0 Å². The second kappa shape index (κ2) is 5.55. The van der Waals surface area contributed by atoms with Gasteiger partial charge < -0.3 is 0 Å². The molecular weight excluding hydrogens is 246 g/mol. The van der Waals surface area contributed by atoms with Crippen LogP contribution in [0.4, 0.5) is 0 Å². The molecule has 0 unspecified atom stereocenters. The molecule has 1 atom stereocenters. The molecule has 18 heavy (non-hydrogen) atoms. The SMILES string of the molecule is Clc1cccc(CN2CCN3CCCC[C@H]3C2)n1. The predicted molar refractivity (Wildman–Crippen MR) is 73.7 cm³/mol. The molecule has 1 aromatic heterocycles. The molecule has 98 valence electrons. The number of pyridine rings is 1. The third-order valence-electron chi connectivity index (χ3n) is 4.08. The van der Waals surface area contributed by atoms with Crippen molar-refractivity contribution in [2.75, 3.05) is 26.2 Å². The van der Waals surface area contributed by atoms with E-state index in [0.717, 1.165) is 24.8 Å². The summed E-state index contributed by atoms with van der Waals surface area (Å²) in [5, 5.41) is 0.601. The van der Waals surface area contributed by atoms with Crippen LogP contribution in [0.15, 0.2) is 18.2 Å². The molecule has 0 amide bonds. The Kier molecular flexibility index (Phi) is 3.83. The molecule has 2 saturated heterocycles. The average molecular weight is 266 g/mol. The largest absolute Gasteiger partial charge is 0.298 e. The Morgan fingerprint density at radius 1 is 1.22 bits per heavy atom. The Morgan fingerprint density at radius 3 is 3.06 bits per heavy atom. The van der Waals surface area contributed by atoms with Crippen molar-refractivity contribution in [2.45, 2.75) is 31.8 Å². The minimum Gasteiger partial charge on any atom is -0.298 e. The van der Waals surface area contributed by atoms with Crippen molar-refractivity contribution in [3.63, 3.8) is 0 Å². The number of aromatic nitrogens is 1. The average Bonchev–Trinajstić information content (AvgIpc) is 2.39. The van der Waals surface area contributed by atoms with Gasteiger partial charge in [0.1, 0.15) is 5.15 Å². The van der Waals surface area contributed by atoms with Crippen LogP contribution in [0, 0.1) is 0 Å². The summed E-state index contributed by atoms with van der Waals surface area (Å²) >= 11 is 5.94. The third-order valence-corrected chi connectivity index (χ3v) is 4.29. The van der Waals surface area contributed by atoms with E-state index in [1.54, 1.807) is 0 Å². The Bertz CT molecular complexity index is 410. The van der Waals surface area contributed by atoms with E-state index >= 15 is 0 Å². The first-order valence-electron chi connectivity index (χ1n) is 6.89. The number of piperazine rings is 1. The second-order valence-corrected chi connectivity index (χ2v) is 5.76. The van der Waals surface area contributed by atoms with E-state index in [0.29, 0.717) is 5.15 Å². The van der Waals surface area contributed by atoms with Crippen LogP contribution >= 0.6 is 11.6 Å². The quantitative estimate of drug-likeness (QED) is 0.766. The summed E-state index contributed by atoms with van der Waals surface area (Å²) in [5.41, 5.74) is 1.09. The van der Waals surface area contributed by atoms with Gasteiger partial charge in [0.2, 0.25) is 0 Å². The molecule has 3 rings (SSSR count). The Hall–Kier alpha value is -0.640. The highest BCUT2D eigenvalue weighted by Gasteiger charge is 2.28. The van der Waals surface area contributed by atoms with Crippen LogP contribution in [-0.4, -0.2) is 47.0 Å². The number of piperidine rings is 1. The zero-order valence-electron chi connectivity index (χ0n) is 10.7. The molecule has 3 nitrogen and oxygen atoms in total. The number of rotatable bonds is 2. The number of hydrogen-bond donors (Lipinski definition) is 0. The maximum absolute atomic E-state index is 5.94. The normalized spacial score (nSPS) is 25.9. The van der Waals surface area contributed by atoms with Crippen LogP contribution in [0.1, 0.15) is 25.0 Å². The van der Waals surface area contributed by atoms with E-state index in [2.05, 4.69) is 20.9 Å². The maximum Gasteiger partial charge on any atom is 0.129 e. The van der Waals surface area contributed by atoms with E-state index in [-0.39, 0.29) is 0 Å². The molecular formula is C14H20ClN3. The number of fused-ring (bicyclic) bond motifs is 1. The topological polar surface area (TPSA) is 19.4 Å². The molecule has 0 spiro atoms. The van der Waals surface area contributed by atoms with E-state index in [1.165, 1.54) is 38.9 Å². The van der Waals surface area contributed by atoms with Gasteiger partial charge >= 0.3 is 0 Å². The third kappa shape index (κ3) is 2.85. The van der Waals surface area contributed by atoms with Gasteiger partial charge in [0.05, 0.1) is 5.69 Å². The lowest BCUT2D eigenvalue weighted by atomic mass is 9.99. The summed E-state index contributed by atoms with van der Waals surface area (Å²) in [6.45, 7) is 5.79. The standard InChI is InChI=1S/C14H20ClN3/c15-14-6-3-4-12(16-14)10-17-8-9-18-7-2-1-5-13(18)11-17/h3-4,6,13H,1-2,5,7-11H2/t13-/m0/s1. The van der Waals surface area contributed by atoms with Crippen LogP contribution < -0.4 is 0 Å². The summed E-state index contributed by atoms with van der Waals surface area (Å²) in [6, 6.07) is 6.66. The van der Waals surface area contributed by atoms with Crippen LogP contribution in [0.5, 0.6) is 0 Å². The zero-order chi connectivity index (χ0) is 12.4. The lowest BCUT2D eigenvalue weighted by Gasteiger charge is -2.44. The highest BCUT2D eigenvalue weighted by molar-refractivity contribution is 6.29. The van der Waals surface area contributed by atoms with Crippen molar-refractivity contribution < 1.29 is 0 Å². The minimum atomic E-state index is 0.601. The molecule has 0 saturated carbocycles. The Morgan fingerprint density at radius 2 is 2.17 bits per heavy atom. The van der Waals surface area contributed by atoms with Gasteiger partial charge in [-0.3, -0.25) is 9.80 Å². The van der Waals surface area contributed by atoms with Gasteiger partial charge in [0.25, 0.3) is 0 Å². The molecule has 3 heterocycles. The van der Waals surface area contributed by atoms with Crippen molar-refractivity contribution >= 4 is 11.6 Å². The van der Waals surface area contributed by atoms with Crippen LogP contribution in [0.2, 0.25) is 5.15 Å². The lowest BCUT2D eigenvalue weighted by molar-refractivity contribution is 0.0451. The fourth-order valence-electron chi connectivity index (χ4n) is 3.13. The highest BCUT2D eigenvalue weighted by Crippen LogP contribution is 2.22. The molecule has 0 aromatic carbocycles. The molecule has 2 fully saturated rings. The van der Waals surface area contributed by atoms with E-state index in [1.807, 2.05) is 12.1 Å². The molecule has 0 radical (unpaired) electrons. The maximum atomic E-state index is 5.94. The highest BCUT2D eigenvalue weighted by atomic mass is 35.5. The van der Waals surface area contributed by atoms with Crippen molar-refractivity contribution in [3.05, 3.63) is 29.0 Å². The zero-order valence-corrected chi connectivity index (χ0v) is 11.4. The summed E-state index contributed by atoms with van der Waals surface area (Å²) in [6.07, 6.45) is 4.14. The van der Waals surface area contributed by atoms with Crippen molar-refractivity contribution in [3.8, 4) is 0 Å². The molecule has 0 bridgehead atoms. The van der Waals surface area contributed by atoms with Gasteiger partial charge in [-0.05, 0) is 31.5 Å². The molecule has 1 aromatic rings. The summed E-state index contributed by atoms with van der Waals surface area (Å²) in [5.74, 6) is 0. The number of halogens is 1. The predicted octanol–water partition coefficient (Wildman–Crippen LogP) is 2.41. The molecule has 0 aliphatic carbocycles. The number of nitrogens with zero attached hydrogens (tertiary/aromatic N) is 3. The van der Waals surface area contributed by atoms with E-state index in [9.17, 15) is 0 Å². The Balaban J connectivity index is 1.61. The van der Waals surface area contributed by atoms with Gasteiger partial charge in [-0.1, -0.05) is 24.1 Å². The van der Waals surface area contributed by atoms with Gasteiger partial charge in [-0.2, -0.15) is 0 Å². The number of hydrogen-bond acceptors (Lipinski definition) is 3. The lowest BCUT2D eigenvalue weighted by Crippen LogP contribution is -2.54. The first-order valence-corrected chi connectivity index (χ1v) is 7.27. The van der Waals surface area contributed by atoms with Gasteiger partial charge in [-0.25, -0.2) is 4.98 Å². The molecule has 2 aliphatic rings. The van der Waals surface area contributed by atoms with Gasteiger partial charge in [0, 0.05) is 32.2 Å². The summed E-state index contributed by atoms with van der Waals surface area (Å²) < 4.78 is 0. The fourth-order valence-corrected chi connectivity index (χ4v) is 3.31. The summed E-state index contributed by atoms with van der Waals surface area (Å²) in [4.78, 5) is 9.56. The summed E-state index contributed by atoms with van der Waals surface area (Å²) in [7, 11) is 0. The van der Waals surface area contributed by atoms with Crippen molar-refractivity contribution in [2.24, 2.45) is 0 Å². The first kappa shape index (κ1) is 12.4. The van der Waals surface area contributed by atoms with Gasteiger partial charge in [0.15, 0.2) is 0 Å². The fraction of sp³-hybridized carbons (Fsp3) is 0.643. The molecule has 4 heteroatoms. The van der Waals surface area contributed by atoms with E-state index in [4.69, 9.17) is 11.6 Å². The smallest absolute Gasteiger partial charge is 0.129 e. The van der Waals surface area contributed by atoms with Crippen molar-refractivity contribution in [1.29, 1.82) is 0 Å². The monoisotopic (exact) mass is 265 g/mol. The van der Waals surface area contributed by atoms with Gasteiger partial charge in [-0.15, -0.1) is 0 Å². The molecule has 0 N–H and O–H groups in total. The molecule has 2 aliphatic heterocycles. The second-order valence-electron chi connectivity index (χ2n) is 5.37. The van der Waals surface area contributed by atoms with Crippen LogP contribution in [-0.2, 0) is 6.54 Å². The first-order chi connectivity index (χ1) is 8.81. The van der Waals surface area contributed by atoms with Crippen LogP contribution in [0.25, 0.3) is 0 Å². The van der Waals surface area contributed by atoms with Crippen molar-refractivity contribution in [1.82, 2.24) is 14.8 Å². The Labute approximate surface area is 114 Å².